The Morgan fingerprint density at radius 2 is 1.62 bits per heavy atom. The van der Waals surface area contributed by atoms with E-state index >= 15 is 0 Å². The number of unbranched alkanes of at least 4 members (excludes halogenated alkanes) is 6. The summed E-state index contributed by atoms with van der Waals surface area (Å²) in [5.74, 6) is 0. The molecule has 0 aromatic heterocycles. The summed E-state index contributed by atoms with van der Waals surface area (Å²) in [5.41, 5.74) is 0.00393. The maximum Gasteiger partial charge on any atom is 0.0878 e. The number of rotatable bonds is 12. The molecular formula is C18H37NO2. The van der Waals surface area contributed by atoms with Gasteiger partial charge in [0.1, 0.15) is 0 Å². The van der Waals surface area contributed by atoms with Gasteiger partial charge in [0, 0.05) is 38.7 Å². The fraction of sp³-hybridized carbons (Fsp3) is 1.00. The van der Waals surface area contributed by atoms with Gasteiger partial charge in [-0.05, 0) is 20.4 Å². The molecular weight excluding hydrogens is 262 g/mol. The van der Waals surface area contributed by atoms with E-state index in [0.717, 1.165) is 32.7 Å². The van der Waals surface area contributed by atoms with Crippen molar-refractivity contribution in [2.45, 2.75) is 89.7 Å². The van der Waals surface area contributed by atoms with Crippen molar-refractivity contribution in [3.63, 3.8) is 0 Å². The minimum absolute atomic E-state index is 0.00393. The molecule has 1 heterocycles. The van der Waals surface area contributed by atoms with Gasteiger partial charge in [0.25, 0.3) is 0 Å². The third kappa shape index (κ3) is 6.66. The van der Waals surface area contributed by atoms with E-state index in [4.69, 9.17) is 9.47 Å². The molecule has 3 nitrogen and oxygen atoms in total. The van der Waals surface area contributed by atoms with Gasteiger partial charge >= 0.3 is 0 Å². The van der Waals surface area contributed by atoms with Gasteiger partial charge in [-0.2, -0.15) is 0 Å². The molecule has 1 atom stereocenters. The second kappa shape index (κ2) is 11.4. The summed E-state index contributed by atoms with van der Waals surface area (Å²) < 4.78 is 11.7. The predicted octanol–water partition coefficient (Wildman–Crippen LogP) is 4.30. The van der Waals surface area contributed by atoms with Gasteiger partial charge < -0.3 is 14.8 Å². The van der Waals surface area contributed by atoms with Crippen molar-refractivity contribution < 1.29 is 9.47 Å². The van der Waals surface area contributed by atoms with Gasteiger partial charge in [0.15, 0.2) is 0 Å². The molecule has 126 valence electrons. The van der Waals surface area contributed by atoms with E-state index < -0.39 is 0 Å². The number of ether oxygens (including phenoxy) is 2. The second-order valence-electron chi connectivity index (χ2n) is 6.36. The lowest BCUT2D eigenvalue weighted by atomic mass is 9.83. The number of nitrogens with one attached hydrogen (secondary N) is 1. The normalized spacial score (nSPS) is 19.6. The highest BCUT2D eigenvalue weighted by Gasteiger charge is 2.39. The lowest BCUT2D eigenvalue weighted by Crippen LogP contribution is -2.54. The minimum Gasteiger partial charge on any atom is -0.381 e. The van der Waals surface area contributed by atoms with Crippen LogP contribution < -0.4 is 5.32 Å². The van der Waals surface area contributed by atoms with Crippen molar-refractivity contribution in [3.8, 4) is 0 Å². The van der Waals surface area contributed by atoms with Gasteiger partial charge in [0.05, 0.1) is 5.60 Å². The summed E-state index contributed by atoms with van der Waals surface area (Å²) in [6.45, 7) is 6.87. The van der Waals surface area contributed by atoms with Crippen LogP contribution >= 0.6 is 0 Å². The van der Waals surface area contributed by atoms with Crippen LogP contribution in [0.1, 0.15) is 78.1 Å². The third-order valence-corrected chi connectivity index (χ3v) is 4.85. The van der Waals surface area contributed by atoms with Crippen LogP contribution in [0.2, 0.25) is 0 Å². The van der Waals surface area contributed by atoms with E-state index in [1.165, 1.54) is 51.4 Å². The maximum atomic E-state index is 6.19. The first-order valence-corrected chi connectivity index (χ1v) is 9.18. The monoisotopic (exact) mass is 299 g/mol. The summed E-state index contributed by atoms with van der Waals surface area (Å²) in [6.07, 6.45) is 12.9. The fourth-order valence-electron chi connectivity index (χ4n) is 3.57. The average Bonchev–Trinajstić information content (AvgIpc) is 2.51. The Kier molecular flexibility index (Phi) is 10.3. The average molecular weight is 299 g/mol. The zero-order chi connectivity index (χ0) is 15.4. The summed E-state index contributed by atoms with van der Waals surface area (Å²) in [5, 5.41) is 3.53. The molecule has 0 saturated carbocycles. The molecule has 0 spiro atoms. The van der Waals surface area contributed by atoms with Gasteiger partial charge in [-0.1, -0.05) is 51.9 Å². The highest BCUT2D eigenvalue weighted by molar-refractivity contribution is 4.94. The summed E-state index contributed by atoms with van der Waals surface area (Å²) in [6, 6.07) is 0.469. The Morgan fingerprint density at radius 3 is 2.19 bits per heavy atom. The molecule has 1 fully saturated rings. The lowest BCUT2D eigenvalue weighted by Gasteiger charge is -2.43. The highest BCUT2D eigenvalue weighted by Crippen LogP contribution is 2.31. The van der Waals surface area contributed by atoms with Crippen LogP contribution in [0.25, 0.3) is 0 Å². The molecule has 1 N–H and O–H groups in total. The molecule has 3 heteroatoms. The summed E-state index contributed by atoms with van der Waals surface area (Å²) in [4.78, 5) is 0. The quantitative estimate of drug-likeness (QED) is 0.545. The topological polar surface area (TPSA) is 30.5 Å². The molecule has 1 aliphatic heterocycles. The second-order valence-corrected chi connectivity index (χ2v) is 6.36. The van der Waals surface area contributed by atoms with Crippen LogP contribution in [-0.4, -0.2) is 38.5 Å². The van der Waals surface area contributed by atoms with Crippen molar-refractivity contribution in [3.05, 3.63) is 0 Å². The molecule has 0 bridgehead atoms. The van der Waals surface area contributed by atoms with Gasteiger partial charge in [-0.25, -0.2) is 0 Å². The first-order valence-electron chi connectivity index (χ1n) is 9.18. The molecule has 0 aliphatic carbocycles. The molecule has 1 rings (SSSR count). The van der Waals surface area contributed by atoms with E-state index in [0.29, 0.717) is 6.04 Å². The van der Waals surface area contributed by atoms with Crippen molar-refractivity contribution in [1.82, 2.24) is 5.32 Å². The molecule has 1 aliphatic rings. The van der Waals surface area contributed by atoms with Crippen LogP contribution in [0.3, 0.4) is 0 Å². The highest BCUT2D eigenvalue weighted by atomic mass is 16.5. The van der Waals surface area contributed by atoms with E-state index in [2.05, 4.69) is 26.2 Å². The van der Waals surface area contributed by atoms with Gasteiger partial charge in [-0.3, -0.25) is 0 Å². The van der Waals surface area contributed by atoms with E-state index in [1.54, 1.807) is 0 Å². The minimum atomic E-state index is 0.00393. The smallest absolute Gasteiger partial charge is 0.0878 e. The SMILES string of the molecule is CCCCCCCCCC(NC)C1(OCC)CCOCC1. The van der Waals surface area contributed by atoms with Crippen LogP contribution in [0.4, 0.5) is 0 Å². The number of hydrogen-bond acceptors (Lipinski definition) is 3. The molecule has 1 unspecified atom stereocenters. The molecule has 0 radical (unpaired) electrons. The third-order valence-electron chi connectivity index (χ3n) is 4.85. The van der Waals surface area contributed by atoms with Crippen molar-refractivity contribution in [1.29, 1.82) is 0 Å². The zero-order valence-corrected chi connectivity index (χ0v) is 14.6. The Balaban J connectivity index is 2.30. The van der Waals surface area contributed by atoms with E-state index in [-0.39, 0.29) is 5.60 Å². The first kappa shape index (κ1) is 18.9. The lowest BCUT2D eigenvalue weighted by molar-refractivity contribution is -0.127. The molecule has 1 saturated heterocycles. The molecule has 0 amide bonds. The number of likely N-dealkylation sites (N-methyl/N-ethyl adjacent to an activating group) is 1. The van der Waals surface area contributed by atoms with Crippen LogP contribution in [0.15, 0.2) is 0 Å². The predicted molar refractivity (Wildman–Crippen MR) is 89.9 cm³/mol. The van der Waals surface area contributed by atoms with E-state index in [9.17, 15) is 0 Å². The van der Waals surface area contributed by atoms with Crippen molar-refractivity contribution >= 4 is 0 Å². The van der Waals surface area contributed by atoms with Crippen LogP contribution in [-0.2, 0) is 9.47 Å². The Morgan fingerprint density at radius 1 is 1.00 bits per heavy atom. The van der Waals surface area contributed by atoms with Gasteiger partial charge in [-0.15, -0.1) is 0 Å². The zero-order valence-electron chi connectivity index (χ0n) is 14.6. The standard InChI is InChI=1S/C18H37NO2/c1-4-6-7-8-9-10-11-12-17(19-3)18(21-5-2)13-15-20-16-14-18/h17,19H,4-16H2,1-3H3. The molecule has 0 aromatic carbocycles. The van der Waals surface area contributed by atoms with Crippen LogP contribution in [0, 0.1) is 0 Å². The molecule has 0 aromatic rings. The maximum absolute atomic E-state index is 6.19. The Bertz CT molecular complexity index is 234. The van der Waals surface area contributed by atoms with Crippen LogP contribution in [0.5, 0.6) is 0 Å². The molecule has 21 heavy (non-hydrogen) atoms. The fourth-order valence-corrected chi connectivity index (χ4v) is 3.57. The number of hydrogen-bond donors (Lipinski definition) is 1. The first-order chi connectivity index (χ1) is 10.3. The van der Waals surface area contributed by atoms with Crippen molar-refractivity contribution in [2.24, 2.45) is 0 Å². The van der Waals surface area contributed by atoms with Crippen molar-refractivity contribution in [2.75, 3.05) is 26.9 Å². The summed E-state index contributed by atoms with van der Waals surface area (Å²) in [7, 11) is 2.09. The van der Waals surface area contributed by atoms with Gasteiger partial charge in [0.2, 0.25) is 0 Å². The largest absolute Gasteiger partial charge is 0.381 e. The van der Waals surface area contributed by atoms with E-state index in [1.807, 2.05) is 0 Å². The Labute approximate surface area is 132 Å². The Hall–Kier alpha value is -0.120. The summed E-state index contributed by atoms with van der Waals surface area (Å²) >= 11 is 0.